The molecule has 0 unspecified atom stereocenters. The van der Waals surface area contributed by atoms with Crippen LogP contribution in [-0.4, -0.2) is 16.8 Å². The molecule has 2 aromatic heterocycles. The first-order valence-corrected chi connectivity index (χ1v) is 10.2. The number of benzene rings is 2. The monoisotopic (exact) mass is 403 g/mol. The van der Waals surface area contributed by atoms with Crippen LogP contribution in [0, 0.1) is 0 Å². The van der Waals surface area contributed by atoms with E-state index in [1.165, 1.54) is 11.3 Å². The van der Waals surface area contributed by atoms with Crippen molar-refractivity contribution in [2.24, 2.45) is 0 Å². The molecule has 144 valence electrons. The zero-order valence-electron chi connectivity index (χ0n) is 15.3. The molecule has 2 aromatic carbocycles. The number of oxazole rings is 1. The molecule has 7 heteroatoms. The summed E-state index contributed by atoms with van der Waals surface area (Å²) in [4.78, 5) is 29.8. The highest BCUT2D eigenvalue weighted by molar-refractivity contribution is 7.12. The minimum Gasteiger partial charge on any atom is -0.440 e. The van der Waals surface area contributed by atoms with E-state index in [4.69, 9.17) is 4.42 Å². The quantitative estimate of drug-likeness (QED) is 0.475. The first-order valence-electron chi connectivity index (χ1n) is 9.32. The van der Waals surface area contributed by atoms with Crippen molar-refractivity contribution in [2.75, 3.05) is 10.6 Å². The highest BCUT2D eigenvalue weighted by Gasteiger charge is 2.28. The minimum absolute atomic E-state index is 0.163. The maximum Gasteiger partial charge on any atom is 0.265 e. The number of carbonyl (C=O) groups is 2. The number of amides is 2. The SMILES string of the molecule is O=C(Nc1ccc2oc(C3CC3)nc2c1)c1ccc(NC(=O)c2cccs2)cc1. The van der Waals surface area contributed by atoms with E-state index in [9.17, 15) is 9.59 Å². The molecule has 29 heavy (non-hydrogen) atoms. The summed E-state index contributed by atoms with van der Waals surface area (Å²) in [5.74, 6) is 0.831. The van der Waals surface area contributed by atoms with Gasteiger partial charge in [0, 0.05) is 22.9 Å². The first kappa shape index (κ1) is 17.6. The summed E-state index contributed by atoms with van der Waals surface area (Å²) in [7, 11) is 0. The first-order chi connectivity index (χ1) is 14.2. The molecule has 0 bridgehead atoms. The second-order valence-electron chi connectivity index (χ2n) is 6.97. The van der Waals surface area contributed by atoms with E-state index >= 15 is 0 Å². The van der Waals surface area contributed by atoms with Gasteiger partial charge in [0.1, 0.15) is 5.52 Å². The van der Waals surface area contributed by atoms with Gasteiger partial charge in [0.05, 0.1) is 4.88 Å². The predicted octanol–water partition coefficient (Wildman–Crippen LogP) is 5.27. The third kappa shape index (κ3) is 3.77. The van der Waals surface area contributed by atoms with Crippen molar-refractivity contribution >= 4 is 45.6 Å². The van der Waals surface area contributed by atoms with Crippen molar-refractivity contribution in [3.63, 3.8) is 0 Å². The molecular formula is C22H17N3O3S. The van der Waals surface area contributed by atoms with Crippen LogP contribution in [-0.2, 0) is 0 Å². The average molecular weight is 403 g/mol. The lowest BCUT2D eigenvalue weighted by molar-refractivity contribution is 0.102. The largest absolute Gasteiger partial charge is 0.440 e. The third-order valence-electron chi connectivity index (χ3n) is 4.74. The fraction of sp³-hybridized carbons (Fsp3) is 0.136. The molecule has 2 heterocycles. The predicted molar refractivity (Wildman–Crippen MR) is 113 cm³/mol. The van der Waals surface area contributed by atoms with Gasteiger partial charge in [0.2, 0.25) is 0 Å². The number of aromatic nitrogens is 1. The van der Waals surface area contributed by atoms with E-state index in [0.29, 0.717) is 27.7 Å². The number of hydrogen-bond donors (Lipinski definition) is 2. The Kier molecular flexibility index (Phi) is 4.37. The van der Waals surface area contributed by atoms with Crippen LogP contribution >= 0.6 is 11.3 Å². The molecule has 1 saturated carbocycles. The number of carbonyl (C=O) groups excluding carboxylic acids is 2. The molecule has 0 spiro atoms. The Labute approximate surface area is 170 Å². The lowest BCUT2D eigenvalue weighted by Gasteiger charge is -2.07. The second-order valence-corrected chi connectivity index (χ2v) is 7.92. The van der Waals surface area contributed by atoms with E-state index in [-0.39, 0.29) is 11.8 Å². The molecular weight excluding hydrogens is 386 g/mol. The van der Waals surface area contributed by atoms with Gasteiger partial charge in [0.25, 0.3) is 11.8 Å². The normalized spacial score (nSPS) is 13.4. The molecule has 5 rings (SSSR count). The smallest absolute Gasteiger partial charge is 0.265 e. The molecule has 4 aromatic rings. The molecule has 0 aliphatic heterocycles. The Bertz CT molecular complexity index is 1190. The van der Waals surface area contributed by atoms with Crippen molar-refractivity contribution in [2.45, 2.75) is 18.8 Å². The van der Waals surface area contributed by atoms with Crippen LogP contribution in [0.2, 0.25) is 0 Å². The van der Waals surface area contributed by atoms with Gasteiger partial charge in [-0.3, -0.25) is 9.59 Å². The molecule has 0 radical (unpaired) electrons. The number of nitrogens with one attached hydrogen (secondary N) is 2. The van der Waals surface area contributed by atoms with Crippen molar-refractivity contribution < 1.29 is 14.0 Å². The number of fused-ring (bicyclic) bond motifs is 1. The fourth-order valence-corrected chi connectivity index (χ4v) is 3.66. The number of anilines is 2. The van der Waals surface area contributed by atoms with E-state index < -0.39 is 0 Å². The van der Waals surface area contributed by atoms with Gasteiger partial charge >= 0.3 is 0 Å². The van der Waals surface area contributed by atoms with Crippen molar-refractivity contribution in [1.82, 2.24) is 4.98 Å². The molecule has 1 aliphatic carbocycles. The fourth-order valence-electron chi connectivity index (χ4n) is 3.04. The Morgan fingerprint density at radius 2 is 1.72 bits per heavy atom. The summed E-state index contributed by atoms with van der Waals surface area (Å²) in [5.41, 5.74) is 3.27. The molecule has 2 N–H and O–H groups in total. The van der Waals surface area contributed by atoms with Crippen LogP contribution in [0.25, 0.3) is 11.1 Å². The van der Waals surface area contributed by atoms with Gasteiger partial charge in [-0.25, -0.2) is 4.98 Å². The Balaban J connectivity index is 1.26. The highest BCUT2D eigenvalue weighted by Crippen LogP contribution is 2.40. The highest BCUT2D eigenvalue weighted by atomic mass is 32.1. The molecule has 2 amide bonds. The maximum atomic E-state index is 12.6. The Morgan fingerprint density at radius 1 is 0.966 bits per heavy atom. The van der Waals surface area contributed by atoms with Crippen molar-refractivity contribution in [3.8, 4) is 0 Å². The van der Waals surface area contributed by atoms with E-state index in [1.807, 2.05) is 23.6 Å². The van der Waals surface area contributed by atoms with Crippen LogP contribution in [0.3, 0.4) is 0 Å². The third-order valence-corrected chi connectivity index (χ3v) is 5.61. The number of thiophene rings is 1. The summed E-state index contributed by atoms with van der Waals surface area (Å²) in [6.07, 6.45) is 2.25. The van der Waals surface area contributed by atoms with Crippen LogP contribution < -0.4 is 10.6 Å². The Hall–Kier alpha value is -3.45. The molecule has 1 fully saturated rings. The zero-order chi connectivity index (χ0) is 19.8. The average Bonchev–Trinajstić information content (AvgIpc) is 3.26. The van der Waals surface area contributed by atoms with Gasteiger partial charge in [-0.15, -0.1) is 11.3 Å². The minimum atomic E-state index is -0.230. The van der Waals surface area contributed by atoms with Gasteiger partial charge < -0.3 is 15.1 Å². The van der Waals surface area contributed by atoms with Gasteiger partial charge in [0.15, 0.2) is 11.5 Å². The molecule has 1 aliphatic rings. The Morgan fingerprint density at radius 3 is 2.45 bits per heavy atom. The van der Waals surface area contributed by atoms with Gasteiger partial charge in [-0.1, -0.05) is 6.07 Å². The maximum absolute atomic E-state index is 12.6. The van der Waals surface area contributed by atoms with Crippen LogP contribution in [0.4, 0.5) is 11.4 Å². The van der Waals surface area contributed by atoms with Crippen molar-refractivity contribution in [1.29, 1.82) is 0 Å². The summed E-state index contributed by atoms with van der Waals surface area (Å²) >= 11 is 1.38. The number of nitrogens with zero attached hydrogens (tertiary/aromatic N) is 1. The van der Waals surface area contributed by atoms with Gasteiger partial charge in [-0.2, -0.15) is 0 Å². The molecule has 0 atom stereocenters. The number of rotatable bonds is 5. The summed E-state index contributed by atoms with van der Waals surface area (Å²) in [6.45, 7) is 0. The van der Waals surface area contributed by atoms with Crippen LogP contribution in [0.15, 0.2) is 64.4 Å². The van der Waals surface area contributed by atoms with Crippen LogP contribution in [0.5, 0.6) is 0 Å². The van der Waals surface area contributed by atoms with E-state index in [0.717, 1.165) is 29.8 Å². The summed E-state index contributed by atoms with van der Waals surface area (Å²) in [6, 6.07) is 15.8. The standard InChI is InChI=1S/C22H17N3O3S/c26-20(13-5-7-15(8-6-13)23-21(27)19-2-1-11-29-19)24-16-9-10-18-17(12-16)25-22(28-18)14-3-4-14/h1-2,5-12,14H,3-4H2,(H,23,27)(H,24,26). The number of hydrogen-bond acceptors (Lipinski definition) is 5. The zero-order valence-corrected chi connectivity index (χ0v) is 16.2. The van der Waals surface area contributed by atoms with E-state index in [1.54, 1.807) is 36.4 Å². The van der Waals surface area contributed by atoms with E-state index in [2.05, 4.69) is 15.6 Å². The lowest BCUT2D eigenvalue weighted by atomic mass is 10.2. The van der Waals surface area contributed by atoms with Gasteiger partial charge in [-0.05, 0) is 66.8 Å². The molecule has 0 saturated heterocycles. The lowest BCUT2D eigenvalue weighted by Crippen LogP contribution is -2.13. The molecule has 6 nitrogen and oxygen atoms in total. The van der Waals surface area contributed by atoms with Crippen molar-refractivity contribution in [3.05, 3.63) is 76.3 Å². The summed E-state index contributed by atoms with van der Waals surface area (Å²) in [5, 5.41) is 7.55. The topological polar surface area (TPSA) is 84.2 Å². The van der Waals surface area contributed by atoms with Crippen LogP contribution in [0.1, 0.15) is 44.7 Å². The second kappa shape index (κ2) is 7.18. The summed E-state index contributed by atoms with van der Waals surface area (Å²) < 4.78 is 5.75.